The summed E-state index contributed by atoms with van der Waals surface area (Å²) in [6.07, 6.45) is 0. The monoisotopic (exact) mass is 283 g/mol. The largest absolute Gasteiger partial charge is 0.491 e. The molecule has 0 fully saturated rings. The molecule has 0 radical (unpaired) electrons. The van der Waals surface area contributed by atoms with Gasteiger partial charge >= 0.3 is 0 Å². The van der Waals surface area contributed by atoms with Crippen molar-refractivity contribution >= 4 is 0 Å². The van der Waals surface area contributed by atoms with E-state index in [9.17, 15) is 0 Å². The molecule has 2 nitrogen and oxygen atoms in total. The molecule has 0 bridgehead atoms. The molecule has 2 aromatic rings. The third-order valence-electron chi connectivity index (χ3n) is 3.86. The molecule has 21 heavy (non-hydrogen) atoms. The molecular weight excluding hydrogens is 258 g/mol. The maximum absolute atomic E-state index is 6.35. The lowest BCUT2D eigenvalue weighted by Gasteiger charge is -2.19. The molecule has 2 rings (SSSR count). The predicted octanol–water partition coefficient (Wildman–Crippen LogP) is 4.31. The van der Waals surface area contributed by atoms with E-state index in [1.54, 1.807) is 0 Å². The fourth-order valence-corrected chi connectivity index (χ4v) is 3.00. The molecule has 0 aliphatic rings. The summed E-state index contributed by atoms with van der Waals surface area (Å²) in [7, 11) is 0. The Morgan fingerprint density at radius 1 is 0.857 bits per heavy atom. The van der Waals surface area contributed by atoms with Crippen molar-refractivity contribution in [3.63, 3.8) is 0 Å². The van der Waals surface area contributed by atoms with Crippen LogP contribution in [0.15, 0.2) is 30.3 Å². The zero-order chi connectivity index (χ0) is 15.6. The van der Waals surface area contributed by atoms with Crippen molar-refractivity contribution in [2.75, 3.05) is 6.61 Å². The van der Waals surface area contributed by atoms with Gasteiger partial charge in [0.25, 0.3) is 0 Å². The van der Waals surface area contributed by atoms with Gasteiger partial charge in [0.2, 0.25) is 0 Å². The first-order valence-electron chi connectivity index (χ1n) is 7.42. The molecule has 2 aromatic carbocycles. The average molecular weight is 283 g/mol. The molecule has 0 heterocycles. The molecule has 0 saturated heterocycles. The van der Waals surface area contributed by atoms with Gasteiger partial charge in [0.15, 0.2) is 0 Å². The Morgan fingerprint density at radius 2 is 1.43 bits per heavy atom. The quantitative estimate of drug-likeness (QED) is 0.907. The van der Waals surface area contributed by atoms with Gasteiger partial charge in [-0.1, -0.05) is 35.4 Å². The Morgan fingerprint density at radius 3 is 2.00 bits per heavy atom. The molecule has 0 amide bonds. The van der Waals surface area contributed by atoms with E-state index in [0.29, 0.717) is 6.61 Å². The lowest BCUT2D eigenvalue weighted by molar-refractivity contribution is 0.288. The van der Waals surface area contributed by atoms with Crippen LogP contribution in [0.25, 0.3) is 0 Å². The summed E-state index contributed by atoms with van der Waals surface area (Å²) in [6, 6.07) is 10.5. The number of benzene rings is 2. The highest BCUT2D eigenvalue weighted by atomic mass is 16.5. The van der Waals surface area contributed by atoms with Crippen molar-refractivity contribution in [3.8, 4) is 5.75 Å². The first-order valence-corrected chi connectivity index (χ1v) is 7.42. The van der Waals surface area contributed by atoms with Crippen LogP contribution in [0.1, 0.15) is 39.4 Å². The van der Waals surface area contributed by atoms with Crippen LogP contribution < -0.4 is 10.5 Å². The van der Waals surface area contributed by atoms with Gasteiger partial charge in [-0.25, -0.2) is 0 Å². The second-order valence-electron chi connectivity index (χ2n) is 6.00. The highest BCUT2D eigenvalue weighted by Gasteiger charge is 2.13. The van der Waals surface area contributed by atoms with E-state index >= 15 is 0 Å². The zero-order valence-corrected chi connectivity index (χ0v) is 13.7. The van der Waals surface area contributed by atoms with Crippen LogP contribution in [-0.4, -0.2) is 6.61 Å². The van der Waals surface area contributed by atoms with Gasteiger partial charge < -0.3 is 10.5 Å². The zero-order valence-electron chi connectivity index (χ0n) is 13.7. The van der Waals surface area contributed by atoms with Gasteiger partial charge in [-0.3, -0.25) is 0 Å². The van der Waals surface area contributed by atoms with Gasteiger partial charge in [-0.2, -0.15) is 0 Å². The number of nitrogens with two attached hydrogens (primary N) is 1. The highest BCUT2D eigenvalue weighted by Crippen LogP contribution is 2.24. The lowest BCUT2D eigenvalue weighted by Crippen LogP contribution is -2.21. The van der Waals surface area contributed by atoms with Crippen LogP contribution in [0, 0.1) is 34.6 Å². The minimum atomic E-state index is -0.105. The number of hydrogen-bond acceptors (Lipinski definition) is 2. The van der Waals surface area contributed by atoms with Crippen LogP contribution in [0.4, 0.5) is 0 Å². The van der Waals surface area contributed by atoms with E-state index < -0.39 is 0 Å². The summed E-state index contributed by atoms with van der Waals surface area (Å²) in [5.74, 6) is 0.915. The maximum Gasteiger partial charge on any atom is 0.122 e. The Labute approximate surface area is 127 Å². The van der Waals surface area contributed by atoms with Crippen molar-refractivity contribution in [2.45, 2.75) is 40.7 Å². The maximum atomic E-state index is 6.35. The summed E-state index contributed by atoms with van der Waals surface area (Å²) in [4.78, 5) is 0. The molecule has 2 heteroatoms. The van der Waals surface area contributed by atoms with Crippen molar-refractivity contribution < 1.29 is 4.74 Å². The Balaban J connectivity index is 2.13. The smallest absolute Gasteiger partial charge is 0.122 e. The fraction of sp³-hybridized carbons (Fsp3) is 0.368. The second-order valence-corrected chi connectivity index (χ2v) is 6.00. The SMILES string of the molecule is Cc1ccc(OCC(N)c2c(C)cc(C)cc2C)c(C)c1. The van der Waals surface area contributed by atoms with Crippen LogP contribution in [0.3, 0.4) is 0 Å². The normalized spacial score (nSPS) is 12.3. The van der Waals surface area contributed by atoms with Crippen molar-refractivity contribution in [1.29, 1.82) is 0 Å². The summed E-state index contributed by atoms with van der Waals surface area (Å²) in [5.41, 5.74) is 13.7. The van der Waals surface area contributed by atoms with Gasteiger partial charge in [-0.15, -0.1) is 0 Å². The van der Waals surface area contributed by atoms with Gasteiger partial charge in [0.1, 0.15) is 12.4 Å². The first kappa shape index (κ1) is 15.6. The van der Waals surface area contributed by atoms with Crippen molar-refractivity contribution in [3.05, 3.63) is 63.7 Å². The molecule has 0 spiro atoms. The molecule has 0 aliphatic heterocycles. The van der Waals surface area contributed by atoms with Gasteiger partial charge in [-0.05, 0) is 62.9 Å². The number of rotatable bonds is 4. The van der Waals surface area contributed by atoms with Crippen LogP contribution in [0.2, 0.25) is 0 Å². The highest BCUT2D eigenvalue weighted by molar-refractivity contribution is 5.40. The molecular formula is C19H25NO. The van der Waals surface area contributed by atoms with Crippen molar-refractivity contribution in [1.82, 2.24) is 0 Å². The standard InChI is InChI=1S/C19H25NO/c1-12-6-7-18(14(3)8-12)21-11-17(20)19-15(4)9-13(2)10-16(19)5/h6-10,17H,11,20H2,1-5H3. The van der Waals surface area contributed by atoms with E-state index in [0.717, 1.165) is 11.3 Å². The van der Waals surface area contributed by atoms with E-state index in [1.807, 2.05) is 6.07 Å². The molecule has 2 N–H and O–H groups in total. The second kappa shape index (κ2) is 6.31. The Bertz CT molecular complexity index is 623. The number of hydrogen-bond donors (Lipinski definition) is 1. The van der Waals surface area contributed by atoms with Crippen LogP contribution >= 0.6 is 0 Å². The molecule has 0 aliphatic carbocycles. The molecule has 0 saturated carbocycles. The van der Waals surface area contributed by atoms with E-state index in [2.05, 4.69) is 58.9 Å². The number of ether oxygens (including phenoxy) is 1. The van der Waals surface area contributed by atoms with E-state index in [-0.39, 0.29) is 6.04 Å². The van der Waals surface area contributed by atoms with Crippen LogP contribution in [-0.2, 0) is 0 Å². The minimum absolute atomic E-state index is 0.105. The third kappa shape index (κ3) is 3.64. The third-order valence-corrected chi connectivity index (χ3v) is 3.86. The Hall–Kier alpha value is -1.80. The average Bonchev–Trinajstić information content (AvgIpc) is 2.36. The predicted molar refractivity (Wildman–Crippen MR) is 89.0 cm³/mol. The Kier molecular flexibility index (Phi) is 4.69. The molecule has 1 unspecified atom stereocenters. The first-order chi connectivity index (χ1) is 9.88. The van der Waals surface area contributed by atoms with E-state index in [1.165, 1.54) is 27.8 Å². The molecule has 1 atom stereocenters. The number of aryl methyl sites for hydroxylation is 5. The van der Waals surface area contributed by atoms with Gasteiger partial charge in [0, 0.05) is 0 Å². The van der Waals surface area contributed by atoms with E-state index in [4.69, 9.17) is 10.5 Å². The van der Waals surface area contributed by atoms with Gasteiger partial charge in [0.05, 0.1) is 6.04 Å². The van der Waals surface area contributed by atoms with Crippen molar-refractivity contribution in [2.24, 2.45) is 5.73 Å². The summed E-state index contributed by atoms with van der Waals surface area (Å²) in [5, 5.41) is 0. The fourth-order valence-electron chi connectivity index (χ4n) is 3.00. The topological polar surface area (TPSA) is 35.2 Å². The lowest BCUT2D eigenvalue weighted by atomic mass is 9.95. The summed E-state index contributed by atoms with van der Waals surface area (Å²) >= 11 is 0. The summed E-state index contributed by atoms with van der Waals surface area (Å²) < 4.78 is 5.92. The molecule has 112 valence electrons. The molecule has 0 aromatic heterocycles. The minimum Gasteiger partial charge on any atom is -0.491 e. The van der Waals surface area contributed by atoms with Crippen LogP contribution in [0.5, 0.6) is 5.75 Å². The summed E-state index contributed by atoms with van der Waals surface area (Å²) in [6.45, 7) is 11.0.